The van der Waals surface area contributed by atoms with Crippen LogP contribution in [0.5, 0.6) is 0 Å². The van der Waals surface area contributed by atoms with Crippen LogP contribution in [-0.2, 0) is 4.74 Å². The van der Waals surface area contributed by atoms with E-state index in [-0.39, 0.29) is 0 Å². The third-order valence-corrected chi connectivity index (χ3v) is 2.46. The number of ether oxygens (including phenoxy) is 1. The Hall–Kier alpha value is -0.390. The van der Waals surface area contributed by atoms with Crippen LogP contribution >= 0.6 is 27.3 Å². The highest BCUT2D eigenvalue weighted by atomic mass is 79.9. The molecule has 12 heavy (non-hydrogen) atoms. The molecule has 5 heteroatoms. The van der Waals surface area contributed by atoms with E-state index in [2.05, 4.69) is 20.7 Å². The molecule has 0 saturated heterocycles. The molecule has 0 fully saturated rings. The summed E-state index contributed by atoms with van der Waals surface area (Å²) in [6, 6.07) is 1.58. The maximum Gasteiger partial charge on any atom is 0.345 e. The minimum Gasteiger partial charge on any atom is -0.477 e. The lowest BCUT2D eigenvalue weighted by Gasteiger charge is -1.79. The van der Waals surface area contributed by atoms with E-state index >= 15 is 0 Å². The number of hydrogen-bond donors (Lipinski definition) is 1. The van der Waals surface area contributed by atoms with E-state index in [0.29, 0.717) is 4.88 Å². The van der Waals surface area contributed by atoms with Gasteiger partial charge in [-0.15, -0.1) is 11.3 Å². The topological polar surface area (TPSA) is 46.5 Å². The maximum absolute atomic E-state index is 10.2. The Morgan fingerprint density at radius 3 is 2.33 bits per heavy atom. The van der Waals surface area contributed by atoms with Crippen LogP contribution in [0.1, 0.15) is 9.67 Å². The van der Waals surface area contributed by atoms with Crippen LogP contribution in [0.3, 0.4) is 0 Å². The molecule has 0 atom stereocenters. The minimum atomic E-state index is -0.870. The van der Waals surface area contributed by atoms with Gasteiger partial charge in [0.1, 0.15) is 4.88 Å². The molecule has 1 aromatic heterocycles. The SMILES string of the molecule is COC.O=C(O)c1cc(Br)cs1. The van der Waals surface area contributed by atoms with Crippen LogP contribution in [-0.4, -0.2) is 25.3 Å². The Morgan fingerprint density at radius 2 is 2.17 bits per heavy atom. The summed E-state index contributed by atoms with van der Waals surface area (Å²) in [4.78, 5) is 10.6. The fourth-order valence-corrected chi connectivity index (χ4v) is 1.69. The van der Waals surface area contributed by atoms with Gasteiger partial charge in [-0.1, -0.05) is 0 Å². The third kappa shape index (κ3) is 4.48. The molecule has 0 unspecified atom stereocenters. The van der Waals surface area contributed by atoms with Gasteiger partial charge in [-0.2, -0.15) is 0 Å². The summed E-state index contributed by atoms with van der Waals surface area (Å²) in [6.45, 7) is 0. The van der Waals surface area contributed by atoms with Crippen LogP contribution in [0, 0.1) is 0 Å². The molecule has 0 bridgehead atoms. The van der Waals surface area contributed by atoms with Gasteiger partial charge in [0, 0.05) is 24.1 Å². The van der Waals surface area contributed by atoms with Crippen molar-refractivity contribution in [3.8, 4) is 0 Å². The van der Waals surface area contributed by atoms with Crippen molar-refractivity contribution in [2.24, 2.45) is 0 Å². The Kier molecular flexibility index (Phi) is 5.96. The van der Waals surface area contributed by atoms with Crippen LogP contribution < -0.4 is 0 Å². The van der Waals surface area contributed by atoms with Gasteiger partial charge in [0.05, 0.1) is 0 Å². The molecule has 3 nitrogen and oxygen atoms in total. The molecule has 1 rings (SSSR count). The normalized spacial score (nSPS) is 8.58. The molecule has 0 aliphatic rings. The molecule has 0 aliphatic heterocycles. The first-order valence-electron chi connectivity index (χ1n) is 2.99. The fraction of sp³-hybridized carbons (Fsp3) is 0.286. The van der Waals surface area contributed by atoms with Crippen LogP contribution in [0.25, 0.3) is 0 Å². The average Bonchev–Trinajstić information content (AvgIpc) is 2.37. The number of thiophene rings is 1. The van der Waals surface area contributed by atoms with Crippen LogP contribution in [0.15, 0.2) is 15.9 Å². The lowest BCUT2D eigenvalue weighted by atomic mass is 10.5. The van der Waals surface area contributed by atoms with E-state index in [0.717, 1.165) is 4.47 Å². The Bertz CT molecular complexity index is 247. The molecule has 0 spiro atoms. The van der Waals surface area contributed by atoms with Crippen molar-refractivity contribution in [1.82, 2.24) is 0 Å². The van der Waals surface area contributed by atoms with E-state index in [4.69, 9.17) is 5.11 Å². The van der Waals surface area contributed by atoms with E-state index in [1.54, 1.807) is 25.7 Å². The quantitative estimate of drug-likeness (QED) is 0.836. The molecule has 1 N–H and O–H groups in total. The van der Waals surface area contributed by atoms with E-state index in [1.165, 1.54) is 11.3 Å². The van der Waals surface area contributed by atoms with E-state index in [1.807, 2.05) is 0 Å². The smallest absolute Gasteiger partial charge is 0.345 e. The Labute approximate surface area is 83.1 Å². The molecule has 0 amide bonds. The highest BCUT2D eigenvalue weighted by Gasteiger charge is 2.03. The third-order valence-electron chi connectivity index (χ3n) is 0.778. The Morgan fingerprint density at radius 1 is 1.67 bits per heavy atom. The number of halogens is 1. The van der Waals surface area contributed by atoms with Gasteiger partial charge < -0.3 is 9.84 Å². The number of carboxylic acid groups (broad SMARTS) is 1. The molecule has 68 valence electrons. The van der Waals surface area contributed by atoms with E-state index < -0.39 is 5.97 Å². The van der Waals surface area contributed by atoms with Crippen molar-refractivity contribution in [1.29, 1.82) is 0 Å². The van der Waals surface area contributed by atoms with E-state index in [9.17, 15) is 4.79 Å². The van der Waals surface area contributed by atoms with Gasteiger partial charge in [-0.05, 0) is 22.0 Å². The zero-order valence-corrected chi connectivity index (χ0v) is 9.11. The van der Waals surface area contributed by atoms with Crippen LogP contribution in [0.2, 0.25) is 0 Å². The second-order valence-electron chi connectivity index (χ2n) is 1.84. The summed E-state index contributed by atoms with van der Waals surface area (Å²) in [7, 11) is 3.25. The van der Waals surface area contributed by atoms with Gasteiger partial charge in [0.2, 0.25) is 0 Å². The number of carbonyl (C=O) groups is 1. The Balaban J connectivity index is 0.000000354. The lowest BCUT2D eigenvalue weighted by molar-refractivity contribution is 0.0702. The molecule has 0 saturated carbocycles. The predicted octanol–water partition coefficient (Wildman–Crippen LogP) is 2.47. The van der Waals surface area contributed by atoms with Gasteiger partial charge in [0.25, 0.3) is 0 Å². The second kappa shape index (κ2) is 6.16. The van der Waals surface area contributed by atoms with Gasteiger partial charge in [0.15, 0.2) is 0 Å². The molecule has 0 aromatic carbocycles. The summed E-state index contributed by atoms with van der Waals surface area (Å²) in [5, 5.41) is 10.1. The zero-order valence-electron chi connectivity index (χ0n) is 6.70. The summed E-state index contributed by atoms with van der Waals surface area (Å²) >= 11 is 4.36. The number of aromatic carboxylic acids is 1. The summed E-state index contributed by atoms with van der Waals surface area (Å²) < 4.78 is 5.07. The van der Waals surface area contributed by atoms with Gasteiger partial charge in [-0.25, -0.2) is 4.79 Å². The molecule has 0 radical (unpaired) electrons. The van der Waals surface area contributed by atoms with Crippen molar-refractivity contribution in [2.75, 3.05) is 14.2 Å². The van der Waals surface area contributed by atoms with Crippen molar-refractivity contribution >= 4 is 33.2 Å². The van der Waals surface area contributed by atoms with Crippen molar-refractivity contribution in [3.05, 3.63) is 20.8 Å². The highest BCUT2D eigenvalue weighted by molar-refractivity contribution is 9.10. The molecule has 1 heterocycles. The second-order valence-corrected chi connectivity index (χ2v) is 3.67. The standard InChI is InChI=1S/C5H3BrO2S.C2H6O/c6-3-1-4(5(7)8)9-2-3;1-3-2/h1-2H,(H,7,8);1-2H3. The number of hydrogen-bond acceptors (Lipinski definition) is 3. The largest absolute Gasteiger partial charge is 0.477 e. The predicted molar refractivity (Wildman–Crippen MR) is 51.9 cm³/mol. The molecule has 0 aliphatic carbocycles. The van der Waals surface area contributed by atoms with Crippen molar-refractivity contribution < 1.29 is 14.6 Å². The molecule has 1 aromatic rings. The summed E-state index contributed by atoms with van der Waals surface area (Å²) in [5.41, 5.74) is 0. The summed E-state index contributed by atoms with van der Waals surface area (Å²) in [6.07, 6.45) is 0. The first-order valence-corrected chi connectivity index (χ1v) is 4.66. The number of rotatable bonds is 1. The molecular weight excluding hydrogens is 244 g/mol. The molecular formula is C7H9BrO3S. The zero-order chi connectivity index (χ0) is 9.56. The summed E-state index contributed by atoms with van der Waals surface area (Å²) in [5.74, 6) is -0.870. The fourth-order valence-electron chi connectivity index (χ4n) is 0.425. The van der Waals surface area contributed by atoms with Crippen LogP contribution in [0.4, 0.5) is 0 Å². The van der Waals surface area contributed by atoms with Gasteiger partial charge >= 0.3 is 5.97 Å². The van der Waals surface area contributed by atoms with Crippen molar-refractivity contribution in [2.45, 2.75) is 0 Å². The van der Waals surface area contributed by atoms with Crippen molar-refractivity contribution in [3.63, 3.8) is 0 Å². The maximum atomic E-state index is 10.2. The highest BCUT2D eigenvalue weighted by Crippen LogP contribution is 2.19. The average molecular weight is 253 g/mol. The van der Waals surface area contributed by atoms with Gasteiger partial charge in [-0.3, -0.25) is 0 Å². The lowest BCUT2D eigenvalue weighted by Crippen LogP contribution is -1.89. The monoisotopic (exact) mass is 252 g/mol. The number of methoxy groups -OCH3 is 1. The first kappa shape index (κ1) is 11.6. The first-order chi connectivity index (χ1) is 5.61. The number of carboxylic acids is 1. The minimum absolute atomic E-state index is 0.363.